The van der Waals surface area contributed by atoms with Gasteiger partial charge in [-0.15, -0.1) is 0 Å². The van der Waals surface area contributed by atoms with Crippen LogP contribution in [0.15, 0.2) is 105 Å². The molecule has 5 aromatic carbocycles. The topological polar surface area (TPSA) is 200 Å². The maximum Gasteiger partial charge on any atom is 0.258 e. The molecule has 0 aliphatic carbocycles. The molecule has 330 valence electrons. The zero-order valence-corrected chi connectivity index (χ0v) is 38.7. The van der Waals surface area contributed by atoms with Crippen molar-refractivity contribution >= 4 is 139 Å². The molecule has 0 radical (unpaired) electrons. The van der Waals surface area contributed by atoms with Gasteiger partial charge in [0.25, 0.3) is 23.6 Å². The first-order valence-corrected chi connectivity index (χ1v) is 21.4. The molecule has 2 atom stereocenters. The zero-order chi connectivity index (χ0) is 46.8. The number of rotatable bonds is 16. The molecule has 4 amide bonds. The van der Waals surface area contributed by atoms with Gasteiger partial charge in [0.1, 0.15) is 0 Å². The van der Waals surface area contributed by atoms with Crippen LogP contribution in [0.4, 0.5) is 34.1 Å². The first kappa shape index (κ1) is 49.3. The van der Waals surface area contributed by atoms with Gasteiger partial charge in [-0.1, -0.05) is 95.6 Å². The summed E-state index contributed by atoms with van der Waals surface area (Å²) in [4.78, 5) is 78.8. The molecule has 20 heteroatoms. The van der Waals surface area contributed by atoms with Crippen LogP contribution in [0.25, 0.3) is 0 Å². The molecule has 14 nitrogen and oxygen atoms in total. The van der Waals surface area contributed by atoms with E-state index in [4.69, 9.17) is 69.6 Å². The van der Waals surface area contributed by atoms with E-state index >= 15 is 0 Å². The number of hydrogen-bond donors (Lipinski definition) is 4. The number of amides is 4. The molecule has 0 bridgehead atoms. The minimum atomic E-state index is -1.59. The van der Waals surface area contributed by atoms with Crippen LogP contribution in [0.3, 0.4) is 0 Å². The molecular weight excluding hydrogens is 949 g/mol. The molecule has 0 saturated carbocycles. The summed E-state index contributed by atoms with van der Waals surface area (Å²) in [7, 11) is 0. The minimum Gasteiger partial charge on any atom is -0.323 e. The lowest BCUT2D eigenvalue weighted by molar-refractivity contribution is -0.127. The molecule has 4 N–H and O–H groups in total. The van der Waals surface area contributed by atoms with Crippen molar-refractivity contribution in [2.75, 3.05) is 21.3 Å². The third-order valence-electron chi connectivity index (χ3n) is 9.29. The SMILES string of the molecule is CCc1c(NC(=O)C(N=Nc2ccc(Cl)c(C(=O)Nc3c(Cl)cccc3Cl)c2)C(C)=O)ccc(NC(=O)C(N=Nc2ccc(Cl)c(C(=O)Nc3c(Cl)cccc3Cl)c2)C(C)=O)c1CC. The lowest BCUT2D eigenvalue weighted by Crippen LogP contribution is -2.33. The van der Waals surface area contributed by atoms with Crippen molar-refractivity contribution in [3.63, 3.8) is 0 Å². The molecule has 0 aromatic heterocycles. The lowest BCUT2D eigenvalue weighted by Gasteiger charge is -2.20. The van der Waals surface area contributed by atoms with Gasteiger partial charge < -0.3 is 21.3 Å². The number of anilines is 4. The van der Waals surface area contributed by atoms with E-state index in [2.05, 4.69) is 41.7 Å². The second-order valence-corrected chi connectivity index (χ2v) is 16.1. The highest BCUT2D eigenvalue weighted by Crippen LogP contribution is 2.34. The summed E-state index contributed by atoms with van der Waals surface area (Å²) in [6.45, 7) is 6.03. The average molecular weight is 986 g/mol. The molecule has 0 fully saturated rings. The predicted octanol–water partition coefficient (Wildman–Crippen LogP) is 12.6. The van der Waals surface area contributed by atoms with Crippen LogP contribution in [0.1, 0.15) is 59.5 Å². The van der Waals surface area contributed by atoms with Crippen molar-refractivity contribution < 1.29 is 28.8 Å². The van der Waals surface area contributed by atoms with Crippen LogP contribution in [0.5, 0.6) is 0 Å². The molecule has 64 heavy (non-hydrogen) atoms. The molecule has 0 saturated heterocycles. The highest BCUT2D eigenvalue weighted by Gasteiger charge is 2.27. The number of nitrogens with one attached hydrogen (secondary N) is 4. The molecule has 5 rings (SSSR count). The molecule has 0 aliphatic rings. The van der Waals surface area contributed by atoms with Crippen LogP contribution >= 0.6 is 69.6 Å². The van der Waals surface area contributed by atoms with Crippen LogP contribution < -0.4 is 21.3 Å². The standard InChI is InChI=1S/C44H36Cl6N8O6/c1-5-25-26(6-2)36(52-44(64)38(22(4)60)58-56-24-14-16-30(46)28(20-24)42(62)54-40-33(49)11-8-12-34(40)50)18-17-35(25)51-43(63)37(21(3)59)57-55-23-13-15-29(45)27(19-23)41(61)53-39-31(47)9-7-10-32(39)48/h7-20,37-38H,5-6H2,1-4H3,(H,51,63)(H,52,64)(H,53,61)(H,54,62). The van der Waals surface area contributed by atoms with Crippen molar-refractivity contribution in [1.82, 2.24) is 0 Å². The number of hydrogen-bond acceptors (Lipinski definition) is 10. The Kier molecular flexibility index (Phi) is 17.1. The van der Waals surface area contributed by atoms with E-state index in [-0.39, 0.29) is 64.0 Å². The van der Waals surface area contributed by atoms with E-state index in [1.807, 2.05) is 13.8 Å². The number of carbonyl (C=O) groups excluding carboxylic acids is 6. The Balaban J connectivity index is 1.31. The summed E-state index contributed by atoms with van der Waals surface area (Å²) in [5.41, 5.74) is 2.54. The lowest BCUT2D eigenvalue weighted by atomic mass is 9.98. The number of nitrogens with zero attached hydrogens (tertiary/aromatic N) is 4. The zero-order valence-electron chi connectivity index (χ0n) is 34.2. The Morgan fingerprint density at radius 3 is 1.14 bits per heavy atom. The molecule has 0 aliphatic heterocycles. The van der Waals surface area contributed by atoms with Gasteiger partial charge in [-0.2, -0.15) is 20.5 Å². The smallest absolute Gasteiger partial charge is 0.258 e. The number of para-hydroxylation sites is 2. The van der Waals surface area contributed by atoms with Crippen LogP contribution in [-0.2, 0) is 32.0 Å². The average Bonchev–Trinajstić information content (AvgIpc) is 3.24. The van der Waals surface area contributed by atoms with Crippen molar-refractivity contribution in [3.05, 3.63) is 137 Å². The molecular formula is C44H36Cl6N8O6. The highest BCUT2D eigenvalue weighted by atomic mass is 35.5. The van der Waals surface area contributed by atoms with Gasteiger partial charge in [0.15, 0.2) is 11.6 Å². The second kappa shape index (κ2) is 22.2. The summed E-state index contributed by atoms with van der Waals surface area (Å²) in [6, 6.07) is 17.7. The van der Waals surface area contributed by atoms with Crippen LogP contribution in [-0.4, -0.2) is 47.3 Å². The molecule has 2 unspecified atom stereocenters. The maximum atomic E-state index is 13.6. The van der Waals surface area contributed by atoms with E-state index < -0.39 is 47.3 Å². The fourth-order valence-corrected chi connectivity index (χ4v) is 7.51. The monoisotopic (exact) mass is 982 g/mol. The number of ketones is 2. The van der Waals surface area contributed by atoms with Gasteiger partial charge in [-0.3, -0.25) is 28.8 Å². The van der Waals surface area contributed by atoms with Crippen LogP contribution in [0, 0.1) is 0 Å². The van der Waals surface area contributed by atoms with Gasteiger partial charge in [0.05, 0.1) is 64.0 Å². The van der Waals surface area contributed by atoms with E-state index in [0.29, 0.717) is 35.3 Å². The van der Waals surface area contributed by atoms with Crippen molar-refractivity contribution in [3.8, 4) is 0 Å². The Labute approximate surface area is 397 Å². The van der Waals surface area contributed by atoms with Gasteiger partial charge in [-0.05, 0) is 111 Å². The van der Waals surface area contributed by atoms with E-state index in [1.165, 1.54) is 62.4 Å². The third-order valence-corrected chi connectivity index (χ3v) is 11.2. The first-order valence-electron chi connectivity index (χ1n) is 19.1. The highest BCUT2D eigenvalue weighted by molar-refractivity contribution is 6.41. The Hall–Kier alpha value is -5.74. The number of halogens is 6. The summed E-state index contributed by atoms with van der Waals surface area (Å²) in [5, 5.41) is 27.9. The fourth-order valence-electron chi connectivity index (χ4n) is 6.12. The van der Waals surface area contributed by atoms with Gasteiger partial charge >= 0.3 is 0 Å². The molecule has 5 aromatic rings. The first-order chi connectivity index (χ1) is 30.4. The van der Waals surface area contributed by atoms with Crippen molar-refractivity contribution in [2.24, 2.45) is 20.5 Å². The van der Waals surface area contributed by atoms with Crippen LogP contribution in [0.2, 0.25) is 30.1 Å². The van der Waals surface area contributed by atoms with Gasteiger partial charge in [0, 0.05) is 11.4 Å². The number of azo groups is 2. The Bertz CT molecular complexity index is 2520. The van der Waals surface area contributed by atoms with E-state index in [0.717, 1.165) is 0 Å². The fraction of sp³-hybridized carbons (Fsp3) is 0.182. The van der Waals surface area contributed by atoms with Crippen molar-refractivity contribution in [1.29, 1.82) is 0 Å². The molecule has 0 heterocycles. The van der Waals surface area contributed by atoms with Gasteiger partial charge in [0.2, 0.25) is 12.1 Å². The number of carbonyl (C=O) groups is 6. The Morgan fingerprint density at radius 1 is 0.484 bits per heavy atom. The van der Waals surface area contributed by atoms with Crippen molar-refractivity contribution in [2.45, 2.75) is 52.6 Å². The summed E-state index contributed by atoms with van der Waals surface area (Å²) in [5.74, 6) is -4.12. The predicted molar refractivity (Wildman–Crippen MR) is 252 cm³/mol. The molecule has 0 spiro atoms. The minimum absolute atomic E-state index is 0.000969. The maximum absolute atomic E-state index is 13.6. The summed E-state index contributed by atoms with van der Waals surface area (Å²) >= 11 is 37.4. The largest absolute Gasteiger partial charge is 0.323 e. The quantitative estimate of drug-likeness (QED) is 0.0560. The Morgan fingerprint density at radius 2 is 0.828 bits per heavy atom. The van der Waals surface area contributed by atoms with E-state index in [1.54, 1.807) is 36.4 Å². The summed E-state index contributed by atoms with van der Waals surface area (Å²) < 4.78 is 0. The third kappa shape index (κ3) is 12.1. The van der Waals surface area contributed by atoms with Gasteiger partial charge in [-0.25, -0.2) is 0 Å². The second-order valence-electron chi connectivity index (χ2n) is 13.7. The number of benzene rings is 5. The summed E-state index contributed by atoms with van der Waals surface area (Å²) in [6.07, 6.45) is 0.767. The number of Topliss-reactive ketones (excluding diaryl/α,β-unsaturated/α-hetero) is 2. The van der Waals surface area contributed by atoms with E-state index in [9.17, 15) is 28.8 Å². The normalized spacial score (nSPS) is 12.2.